The molecular weight excluding hydrogens is 280 g/mol. The van der Waals surface area contributed by atoms with Gasteiger partial charge in [0.25, 0.3) is 0 Å². The van der Waals surface area contributed by atoms with Crippen molar-refractivity contribution in [3.8, 4) is 0 Å². The molecule has 3 rings (SSSR count). The Kier molecular flexibility index (Phi) is 4.00. The largest absolute Gasteiger partial charge is 0.395 e. The van der Waals surface area contributed by atoms with Crippen LogP contribution in [0.2, 0.25) is 5.28 Å². The molecule has 2 aromatic rings. The van der Waals surface area contributed by atoms with Gasteiger partial charge in [-0.1, -0.05) is 0 Å². The van der Waals surface area contributed by atoms with Crippen molar-refractivity contribution in [2.75, 3.05) is 44.2 Å². The van der Waals surface area contributed by atoms with Crippen molar-refractivity contribution in [2.45, 2.75) is 6.42 Å². The summed E-state index contributed by atoms with van der Waals surface area (Å²) >= 11 is 5.97. The molecule has 0 amide bonds. The second kappa shape index (κ2) is 5.90. The monoisotopic (exact) mass is 296 g/mol. The van der Waals surface area contributed by atoms with Gasteiger partial charge in [0.1, 0.15) is 5.52 Å². The van der Waals surface area contributed by atoms with Gasteiger partial charge < -0.3 is 15.0 Å². The minimum absolute atomic E-state index is 0.199. The second-order valence-corrected chi connectivity index (χ2v) is 5.16. The molecule has 3 heterocycles. The number of nitrogens with one attached hydrogen (secondary N) is 1. The number of H-pyrrole nitrogens is 1. The first-order chi connectivity index (χ1) is 9.78. The minimum Gasteiger partial charge on any atom is -0.395 e. The highest BCUT2D eigenvalue weighted by Crippen LogP contribution is 2.23. The molecule has 0 bridgehead atoms. The van der Waals surface area contributed by atoms with Crippen LogP contribution in [-0.2, 0) is 0 Å². The zero-order valence-corrected chi connectivity index (χ0v) is 11.8. The van der Waals surface area contributed by atoms with Crippen LogP contribution < -0.4 is 4.90 Å². The van der Waals surface area contributed by atoms with Crippen LogP contribution in [0.25, 0.3) is 11.2 Å². The molecule has 0 spiro atoms. The van der Waals surface area contributed by atoms with Crippen LogP contribution in [0.4, 0.5) is 5.82 Å². The Balaban J connectivity index is 1.85. The molecule has 2 aromatic heterocycles. The smallest absolute Gasteiger partial charge is 0.226 e. The third-order valence-corrected chi connectivity index (χ3v) is 3.71. The molecule has 108 valence electrons. The SMILES string of the molecule is OCCN1CCCN(c2nc(Cl)nc3nc[nH]c23)CC1. The molecule has 1 fully saturated rings. The van der Waals surface area contributed by atoms with E-state index in [9.17, 15) is 0 Å². The number of aromatic amines is 1. The fourth-order valence-corrected chi connectivity index (χ4v) is 2.73. The number of nitrogens with zero attached hydrogens (tertiary/aromatic N) is 5. The first-order valence-electron chi connectivity index (χ1n) is 6.72. The Labute approximate surface area is 121 Å². The lowest BCUT2D eigenvalue weighted by Gasteiger charge is -2.22. The molecule has 1 aliphatic rings. The molecule has 0 atom stereocenters. The van der Waals surface area contributed by atoms with Crippen molar-refractivity contribution in [3.63, 3.8) is 0 Å². The van der Waals surface area contributed by atoms with E-state index in [1.807, 2.05) is 0 Å². The molecule has 1 saturated heterocycles. The van der Waals surface area contributed by atoms with Crippen LogP contribution in [0, 0.1) is 0 Å². The second-order valence-electron chi connectivity index (χ2n) is 4.82. The lowest BCUT2D eigenvalue weighted by atomic mass is 10.3. The van der Waals surface area contributed by atoms with Crippen LogP contribution >= 0.6 is 11.6 Å². The number of aliphatic hydroxyl groups excluding tert-OH is 1. The number of rotatable bonds is 3. The van der Waals surface area contributed by atoms with E-state index < -0.39 is 0 Å². The number of hydrogen-bond donors (Lipinski definition) is 2. The van der Waals surface area contributed by atoms with E-state index in [0.29, 0.717) is 5.65 Å². The van der Waals surface area contributed by atoms with E-state index in [0.717, 1.165) is 50.5 Å². The van der Waals surface area contributed by atoms with Gasteiger partial charge in [0.15, 0.2) is 11.5 Å². The molecule has 0 radical (unpaired) electrons. The van der Waals surface area contributed by atoms with E-state index in [-0.39, 0.29) is 11.9 Å². The van der Waals surface area contributed by atoms with Crippen molar-refractivity contribution in [2.24, 2.45) is 0 Å². The molecule has 0 unspecified atom stereocenters. The molecule has 0 aromatic carbocycles. The summed E-state index contributed by atoms with van der Waals surface area (Å²) in [6, 6.07) is 0. The number of fused-ring (bicyclic) bond motifs is 1. The Morgan fingerprint density at radius 3 is 3.00 bits per heavy atom. The van der Waals surface area contributed by atoms with Crippen LogP contribution in [-0.4, -0.2) is 69.3 Å². The maximum Gasteiger partial charge on any atom is 0.226 e. The van der Waals surface area contributed by atoms with Gasteiger partial charge in [0.2, 0.25) is 5.28 Å². The quantitative estimate of drug-likeness (QED) is 0.803. The highest BCUT2D eigenvalue weighted by Gasteiger charge is 2.19. The number of aromatic nitrogens is 4. The minimum atomic E-state index is 0.199. The van der Waals surface area contributed by atoms with Crippen molar-refractivity contribution in [1.29, 1.82) is 0 Å². The van der Waals surface area contributed by atoms with Gasteiger partial charge in [-0.2, -0.15) is 9.97 Å². The van der Waals surface area contributed by atoms with Crippen molar-refractivity contribution in [1.82, 2.24) is 24.8 Å². The molecule has 8 heteroatoms. The summed E-state index contributed by atoms with van der Waals surface area (Å²) in [5, 5.41) is 9.26. The first kappa shape index (κ1) is 13.5. The van der Waals surface area contributed by atoms with Crippen molar-refractivity contribution in [3.05, 3.63) is 11.6 Å². The fourth-order valence-electron chi connectivity index (χ4n) is 2.57. The van der Waals surface area contributed by atoms with Gasteiger partial charge in [0, 0.05) is 26.2 Å². The summed E-state index contributed by atoms with van der Waals surface area (Å²) in [6.07, 6.45) is 2.63. The Hall–Kier alpha value is -1.44. The molecule has 7 nitrogen and oxygen atoms in total. The predicted molar refractivity (Wildman–Crippen MR) is 77.0 cm³/mol. The standard InChI is InChI=1S/C12H17ClN6O/c13-12-16-10-9(14-8-15-10)11(17-12)19-3-1-2-18(4-5-19)6-7-20/h8,20H,1-7H2,(H,14,15,16,17). The molecular formula is C12H17ClN6O. The number of imidazole rings is 1. The van der Waals surface area contributed by atoms with Gasteiger partial charge in [-0.3, -0.25) is 4.90 Å². The Bertz CT molecular complexity index is 588. The predicted octanol–water partition coefficient (Wildman–Crippen LogP) is 0.511. The maximum atomic E-state index is 9.04. The van der Waals surface area contributed by atoms with Crippen molar-refractivity contribution >= 4 is 28.6 Å². The van der Waals surface area contributed by atoms with Gasteiger partial charge in [0.05, 0.1) is 12.9 Å². The van der Waals surface area contributed by atoms with E-state index in [2.05, 4.69) is 29.7 Å². The number of hydrogen-bond acceptors (Lipinski definition) is 6. The summed E-state index contributed by atoms with van der Waals surface area (Å²) in [5.74, 6) is 0.809. The van der Waals surface area contributed by atoms with Crippen LogP contribution in [0.1, 0.15) is 6.42 Å². The van der Waals surface area contributed by atoms with E-state index in [1.165, 1.54) is 0 Å². The summed E-state index contributed by atoms with van der Waals surface area (Å²) in [4.78, 5) is 20.1. The van der Waals surface area contributed by atoms with E-state index in [1.54, 1.807) is 6.33 Å². The van der Waals surface area contributed by atoms with Crippen LogP contribution in [0.5, 0.6) is 0 Å². The average molecular weight is 297 g/mol. The lowest BCUT2D eigenvalue weighted by molar-refractivity contribution is 0.204. The van der Waals surface area contributed by atoms with Crippen LogP contribution in [0.15, 0.2) is 6.33 Å². The summed E-state index contributed by atoms with van der Waals surface area (Å²) in [6.45, 7) is 4.56. The summed E-state index contributed by atoms with van der Waals surface area (Å²) < 4.78 is 0. The van der Waals surface area contributed by atoms with E-state index >= 15 is 0 Å². The number of β-amino-alcohol motifs (C(OH)–C–C–N with tert-alkyl or cyclic N) is 1. The zero-order chi connectivity index (χ0) is 13.9. The maximum absolute atomic E-state index is 9.04. The van der Waals surface area contributed by atoms with Crippen molar-refractivity contribution < 1.29 is 5.11 Å². The van der Waals surface area contributed by atoms with Gasteiger partial charge >= 0.3 is 0 Å². The highest BCUT2D eigenvalue weighted by atomic mass is 35.5. The molecule has 2 N–H and O–H groups in total. The molecule has 1 aliphatic heterocycles. The van der Waals surface area contributed by atoms with Gasteiger partial charge in [-0.25, -0.2) is 4.98 Å². The van der Waals surface area contributed by atoms with Gasteiger partial charge in [-0.15, -0.1) is 0 Å². The highest BCUT2D eigenvalue weighted by molar-refractivity contribution is 6.28. The van der Waals surface area contributed by atoms with E-state index in [4.69, 9.17) is 16.7 Å². The summed E-state index contributed by atoms with van der Waals surface area (Å²) in [5.41, 5.74) is 1.42. The van der Waals surface area contributed by atoms with Crippen LogP contribution in [0.3, 0.4) is 0 Å². The Morgan fingerprint density at radius 1 is 1.25 bits per heavy atom. The topological polar surface area (TPSA) is 81.2 Å². The summed E-state index contributed by atoms with van der Waals surface area (Å²) in [7, 11) is 0. The normalized spacial score (nSPS) is 17.6. The Morgan fingerprint density at radius 2 is 2.15 bits per heavy atom. The number of halogens is 1. The lowest BCUT2D eigenvalue weighted by Crippen LogP contribution is -2.32. The number of aliphatic hydroxyl groups is 1. The average Bonchev–Trinajstić information content (AvgIpc) is 2.77. The van der Waals surface area contributed by atoms with Gasteiger partial charge in [-0.05, 0) is 24.6 Å². The zero-order valence-electron chi connectivity index (χ0n) is 11.1. The number of anilines is 1. The first-order valence-corrected chi connectivity index (χ1v) is 7.10. The molecule has 0 aliphatic carbocycles. The molecule has 0 saturated carbocycles. The third kappa shape index (κ3) is 2.70. The third-order valence-electron chi connectivity index (χ3n) is 3.54. The fraction of sp³-hybridized carbons (Fsp3) is 0.583. The molecule has 20 heavy (non-hydrogen) atoms.